The highest BCUT2D eigenvalue weighted by Gasteiger charge is 2.37. The lowest BCUT2D eigenvalue weighted by Gasteiger charge is -2.29. The van der Waals surface area contributed by atoms with Gasteiger partial charge >= 0.3 is 0 Å². The second-order valence-electron chi connectivity index (χ2n) is 7.52. The SMILES string of the molecule is O=C(CN1C(=O)S/C(=C/c2ccc(N3CCCCC3)c(F)c2)C1=O)N1CCOCC1. The van der Waals surface area contributed by atoms with Gasteiger partial charge in [-0.1, -0.05) is 6.07 Å². The van der Waals surface area contributed by atoms with E-state index in [1.54, 1.807) is 17.0 Å². The van der Waals surface area contributed by atoms with E-state index in [2.05, 4.69) is 0 Å². The van der Waals surface area contributed by atoms with E-state index in [-0.39, 0.29) is 23.2 Å². The number of anilines is 1. The zero-order chi connectivity index (χ0) is 21.1. The zero-order valence-electron chi connectivity index (χ0n) is 16.6. The first-order valence-corrected chi connectivity index (χ1v) is 11.0. The molecule has 0 saturated carbocycles. The molecule has 1 aromatic rings. The number of thioether (sulfide) groups is 1. The van der Waals surface area contributed by atoms with Crippen molar-refractivity contribution in [3.63, 3.8) is 0 Å². The van der Waals surface area contributed by atoms with Crippen LogP contribution < -0.4 is 4.90 Å². The Kier molecular flexibility index (Phi) is 6.38. The number of hydrogen-bond donors (Lipinski definition) is 0. The Morgan fingerprint density at radius 2 is 1.83 bits per heavy atom. The summed E-state index contributed by atoms with van der Waals surface area (Å²) in [6, 6.07) is 4.86. The van der Waals surface area contributed by atoms with Gasteiger partial charge in [0.2, 0.25) is 5.91 Å². The average molecular weight is 434 g/mol. The number of hydrogen-bond acceptors (Lipinski definition) is 6. The van der Waals surface area contributed by atoms with Crippen LogP contribution in [0.25, 0.3) is 6.08 Å². The summed E-state index contributed by atoms with van der Waals surface area (Å²) in [5.74, 6) is -1.14. The molecular weight excluding hydrogens is 409 g/mol. The number of benzene rings is 1. The molecular formula is C21H24FN3O4S. The van der Waals surface area contributed by atoms with E-state index in [1.807, 2.05) is 4.90 Å². The number of carbonyl (C=O) groups is 3. The van der Waals surface area contributed by atoms with Gasteiger partial charge in [-0.2, -0.15) is 0 Å². The van der Waals surface area contributed by atoms with Gasteiger partial charge in [-0.3, -0.25) is 19.3 Å². The van der Waals surface area contributed by atoms with Crippen molar-refractivity contribution in [3.05, 3.63) is 34.5 Å². The van der Waals surface area contributed by atoms with Crippen LogP contribution in [0.4, 0.5) is 14.9 Å². The Hall–Kier alpha value is -2.39. The van der Waals surface area contributed by atoms with Crippen LogP contribution in [-0.4, -0.2) is 72.8 Å². The lowest BCUT2D eigenvalue weighted by atomic mass is 10.1. The number of imide groups is 1. The van der Waals surface area contributed by atoms with Gasteiger partial charge in [0.15, 0.2) is 0 Å². The number of nitrogens with zero attached hydrogens (tertiary/aromatic N) is 3. The molecule has 7 nitrogen and oxygen atoms in total. The van der Waals surface area contributed by atoms with Gasteiger partial charge in [0.1, 0.15) is 12.4 Å². The predicted octanol–water partition coefficient (Wildman–Crippen LogP) is 2.71. The van der Waals surface area contributed by atoms with Crippen molar-refractivity contribution in [2.24, 2.45) is 0 Å². The predicted molar refractivity (Wildman–Crippen MR) is 113 cm³/mol. The highest BCUT2D eigenvalue weighted by Crippen LogP contribution is 2.33. The van der Waals surface area contributed by atoms with E-state index < -0.39 is 11.1 Å². The lowest BCUT2D eigenvalue weighted by Crippen LogP contribution is -2.46. The van der Waals surface area contributed by atoms with E-state index in [9.17, 15) is 18.8 Å². The van der Waals surface area contributed by atoms with E-state index in [4.69, 9.17) is 4.74 Å². The summed E-state index contributed by atoms with van der Waals surface area (Å²) >= 11 is 0.774. The molecule has 3 heterocycles. The van der Waals surface area contributed by atoms with E-state index in [0.29, 0.717) is 37.6 Å². The van der Waals surface area contributed by atoms with Crippen LogP contribution in [0.1, 0.15) is 24.8 Å². The third kappa shape index (κ3) is 4.52. The van der Waals surface area contributed by atoms with Crippen molar-refractivity contribution in [2.45, 2.75) is 19.3 Å². The van der Waals surface area contributed by atoms with Crippen LogP contribution >= 0.6 is 11.8 Å². The largest absolute Gasteiger partial charge is 0.378 e. The Balaban J connectivity index is 1.45. The number of rotatable bonds is 4. The van der Waals surface area contributed by atoms with Crippen molar-refractivity contribution in [1.29, 1.82) is 0 Å². The van der Waals surface area contributed by atoms with Gasteiger partial charge in [-0.05, 0) is 54.8 Å². The van der Waals surface area contributed by atoms with Crippen LogP contribution in [0.3, 0.4) is 0 Å². The van der Waals surface area contributed by atoms with E-state index in [0.717, 1.165) is 42.6 Å². The molecule has 3 saturated heterocycles. The lowest BCUT2D eigenvalue weighted by molar-refractivity contribution is -0.139. The summed E-state index contributed by atoms with van der Waals surface area (Å²) in [5, 5.41) is -0.488. The molecule has 0 aromatic heterocycles. The Morgan fingerprint density at radius 3 is 2.53 bits per heavy atom. The van der Waals surface area contributed by atoms with Gasteiger partial charge in [-0.25, -0.2) is 4.39 Å². The third-order valence-electron chi connectivity index (χ3n) is 5.50. The molecule has 1 aromatic carbocycles. The van der Waals surface area contributed by atoms with Crippen LogP contribution in [0, 0.1) is 5.82 Å². The van der Waals surface area contributed by atoms with Gasteiger partial charge in [0, 0.05) is 26.2 Å². The minimum absolute atomic E-state index is 0.194. The quantitative estimate of drug-likeness (QED) is 0.680. The summed E-state index contributed by atoms with van der Waals surface area (Å²) in [4.78, 5) is 42.1. The summed E-state index contributed by atoms with van der Waals surface area (Å²) in [7, 11) is 0. The first-order chi connectivity index (χ1) is 14.5. The summed E-state index contributed by atoms with van der Waals surface area (Å²) in [5.41, 5.74) is 1.08. The second-order valence-corrected chi connectivity index (χ2v) is 8.51. The molecule has 9 heteroatoms. The topological polar surface area (TPSA) is 70.2 Å². The maximum absolute atomic E-state index is 14.6. The second kappa shape index (κ2) is 9.18. The van der Waals surface area contributed by atoms with Crippen molar-refractivity contribution >= 4 is 40.6 Å². The summed E-state index contributed by atoms with van der Waals surface area (Å²) in [6.45, 7) is 3.20. The molecule has 3 aliphatic heterocycles. The molecule has 0 bridgehead atoms. The third-order valence-corrected chi connectivity index (χ3v) is 6.40. The number of ether oxygens (including phenoxy) is 1. The molecule has 4 rings (SSSR count). The highest BCUT2D eigenvalue weighted by atomic mass is 32.2. The molecule has 0 radical (unpaired) electrons. The van der Waals surface area contributed by atoms with Gasteiger partial charge in [0.05, 0.1) is 23.8 Å². The fraction of sp³-hybridized carbons (Fsp3) is 0.476. The number of piperidine rings is 1. The maximum Gasteiger partial charge on any atom is 0.294 e. The molecule has 160 valence electrons. The highest BCUT2D eigenvalue weighted by molar-refractivity contribution is 8.18. The monoisotopic (exact) mass is 433 g/mol. The van der Waals surface area contributed by atoms with Crippen LogP contribution in [0.5, 0.6) is 0 Å². The molecule has 0 N–H and O–H groups in total. The molecule has 0 aliphatic carbocycles. The van der Waals surface area contributed by atoms with Crippen molar-refractivity contribution in [2.75, 3.05) is 50.8 Å². The average Bonchev–Trinajstić information content (AvgIpc) is 3.02. The maximum atomic E-state index is 14.6. The number of morpholine rings is 1. The Bertz CT molecular complexity index is 879. The minimum Gasteiger partial charge on any atom is -0.378 e. The first-order valence-electron chi connectivity index (χ1n) is 10.2. The fourth-order valence-corrected chi connectivity index (χ4v) is 4.68. The van der Waals surface area contributed by atoms with Gasteiger partial charge in [-0.15, -0.1) is 0 Å². The standard InChI is InChI=1S/C21H24FN3O4S/c22-16-12-15(4-5-17(16)23-6-2-1-3-7-23)13-18-20(27)25(21(28)30-18)14-19(26)24-8-10-29-11-9-24/h4-5,12-13H,1-3,6-11,14H2/b18-13+. The number of amides is 3. The minimum atomic E-state index is -0.521. The van der Waals surface area contributed by atoms with Crippen molar-refractivity contribution in [1.82, 2.24) is 9.80 Å². The van der Waals surface area contributed by atoms with Crippen molar-refractivity contribution < 1.29 is 23.5 Å². The van der Waals surface area contributed by atoms with E-state index >= 15 is 0 Å². The Morgan fingerprint density at radius 1 is 1.10 bits per heavy atom. The Labute approximate surface area is 178 Å². The van der Waals surface area contributed by atoms with Crippen LogP contribution in [0.15, 0.2) is 23.1 Å². The van der Waals surface area contributed by atoms with Crippen LogP contribution in [0.2, 0.25) is 0 Å². The fourth-order valence-electron chi connectivity index (χ4n) is 3.84. The summed E-state index contributed by atoms with van der Waals surface area (Å²) in [6.07, 6.45) is 4.78. The van der Waals surface area contributed by atoms with Gasteiger partial charge < -0.3 is 14.5 Å². The molecule has 30 heavy (non-hydrogen) atoms. The summed E-state index contributed by atoms with van der Waals surface area (Å²) < 4.78 is 19.9. The molecule has 0 unspecified atom stereocenters. The first kappa shape index (κ1) is 20.9. The van der Waals surface area contributed by atoms with Crippen LogP contribution in [-0.2, 0) is 14.3 Å². The molecule has 0 spiro atoms. The van der Waals surface area contributed by atoms with E-state index in [1.165, 1.54) is 18.6 Å². The molecule has 0 atom stereocenters. The molecule has 3 amide bonds. The van der Waals surface area contributed by atoms with Crippen molar-refractivity contribution in [3.8, 4) is 0 Å². The normalized spacial score (nSPS) is 21.6. The number of carbonyl (C=O) groups excluding carboxylic acids is 3. The zero-order valence-corrected chi connectivity index (χ0v) is 17.5. The number of halogens is 1. The molecule has 3 fully saturated rings. The molecule has 3 aliphatic rings. The van der Waals surface area contributed by atoms with Gasteiger partial charge in [0.25, 0.3) is 11.1 Å². The smallest absolute Gasteiger partial charge is 0.294 e.